The van der Waals surface area contributed by atoms with Crippen molar-refractivity contribution >= 4 is 5.97 Å². The Labute approximate surface area is 134 Å². The van der Waals surface area contributed by atoms with Gasteiger partial charge in [0.15, 0.2) is 12.1 Å². The summed E-state index contributed by atoms with van der Waals surface area (Å²) in [5.41, 5.74) is 0.703. The lowest BCUT2D eigenvalue weighted by Crippen LogP contribution is -2.23. The summed E-state index contributed by atoms with van der Waals surface area (Å²) in [6.45, 7) is 5.72. The van der Waals surface area contributed by atoms with E-state index in [1.165, 1.54) is 6.39 Å². The molecule has 0 aliphatic heterocycles. The second-order valence-electron chi connectivity index (χ2n) is 5.39. The van der Waals surface area contributed by atoms with E-state index in [2.05, 4.69) is 4.98 Å². The van der Waals surface area contributed by atoms with Crippen molar-refractivity contribution in [3.8, 4) is 11.8 Å². The van der Waals surface area contributed by atoms with E-state index in [-0.39, 0.29) is 18.2 Å². The van der Waals surface area contributed by atoms with E-state index >= 15 is 0 Å². The molecule has 6 heteroatoms. The van der Waals surface area contributed by atoms with E-state index in [0.717, 1.165) is 0 Å². The number of hydrogen-bond acceptors (Lipinski definition) is 6. The third-order valence-electron chi connectivity index (χ3n) is 3.07. The molecule has 0 fully saturated rings. The number of esters is 1. The molecule has 0 aliphatic rings. The molecule has 120 valence electrons. The highest BCUT2D eigenvalue weighted by atomic mass is 16.6. The van der Waals surface area contributed by atoms with Crippen molar-refractivity contribution in [2.24, 2.45) is 0 Å². The number of carbonyl (C=O) groups excluding carboxylic acids is 1. The maximum atomic E-state index is 12.1. The molecule has 0 bridgehead atoms. The van der Waals surface area contributed by atoms with Gasteiger partial charge in [-0.2, -0.15) is 5.26 Å². The lowest BCUT2D eigenvalue weighted by Gasteiger charge is -2.14. The summed E-state index contributed by atoms with van der Waals surface area (Å²) >= 11 is 0. The third-order valence-corrected chi connectivity index (χ3v) is 3.07. The van der Waals surface area contributed by atoms with Gasteiger partial charge in [0, 0.05) is 5.92 Å². The Kier molecular flexibility index (Phi) is 5.36. The van der Waals surface area contributed by atoms with Crippen molar-refractivity contribution in [3.63, 3.8) is 0 Å². The average Bonchev–Trinajstić information content (AvgIpc) is 3.03. The molecule has 1 heterocycles. The molecule has 0 aliphatic carbocycles. The van der Waals surface area contributed by atoms with Crippen LogP contribution < -0.4 is 4.74 Å². The molecular formula is C17H18N2O4. The summed E-state index contributed by atoms with van der Waals surface area (Å²) < 4.78 is 16.1. The summed E-state index contributed by atoms with van der Waals surface area (Å²) in [5.74, 6) is 0.561. The number of hydrogen-bond donors (Lipinski definition) is 0. The highest BCUT2D eigenvalue weighted by molar-refractivity contribution is 5.88. The van der Waals surface area contributed by atoms with Crippen LogP contribution in [0.5, 0.6) is 5.75 Å². The van der Waals surface area contributed by atoms with E-state index in [4.69, 9.17) is 19.2 Å². The number of carbonyl (C=O) groups is 1. The fraction of sp³-hybridized carbons (Fsp3) is 0.353. The first-order chi connectivity index (χ1) is 11.0. The molecule has 0 radical (unpaired) electrons. The quantitative estimate of drug-likeness (QED) is 0.760. The number of aromatic nitrogens is 1. The molecular weight excluding hydrogens is 296 g/mol. The van der Waals surface area contributed by atoms with Gasteiger partial charge in [-0.15, -0.1) is 0 Å². The van der Waals surface area contributed by atoms with E-state index in [1.54, 1.807) is 31.2 Å². The zero-order chi connectivity index (χ0) is 16.8. The Bertz CT molecular complexity index is 715. The minimum Gasteiger partial charge on any atom is -0.490 e. The molecule has 0 saturated heterocycles. The number of benzene rings is 1. The first kappa shape index (κ1) is 16.6. The molecule has 1 aromatic carbocycles. The molecule has 1 aromatic heterocycles. The number of rotatable bonds is 6. The topological polar surface area (TPSA) is 85.4 Å². The Morgan fingerprint density at radius 3 is 2.87 bits per heavy atom. The fourth-order valence-electron chi connectivity index (χ4n) is 1.96. The molecule has 1 unspecified atom stereocenters. The zero-order valence-electron chi connectivity index (χ0n) is 13.3. The molecule has 0 amide bonds. The van der Waals surface area contributed by atoms with Gasteiger partial charge >= 0.3 is 5.97 Å². The van der Waals surface area contributed by atoms with E-state index < -0.39 is 12.1 Å². The molecule has 6 nitrogen and oxygen atoms in total. The standard InChI is InChI=1S/C17H18N2O4/c1-11(2)16-15(19-10-22-16)17(20)23-12(3)9-21-14-6-4-5-13(7-14)8-18/h4-7,10-12H,9H2,1-3H3. The summed E-state index contributed by atoms with van der Waals surface area (Å²) in [7, 11) is 0. The van der Waals surface area contributed by atoms with Gasteiger partial charge in [0.25, 0.3) is 0 Å². The Morgan fingerprint density at radius 2 is 2.17 bits per heavy atom. The van der Waals surface area contributed by atoms with Crippen LogP contribution in [-0.2, 0) is 4.74 Å². The van der Waals surface area contributed by atoms with Crippen LogP contribution in [0.1, 0.15) is 48.5 Å². The molecule has 0 N–H and O–H groups in total. The van der Waals surface area contributed by atoms with Crippen LogP contribution in [0.25, 0.3) is 0 Å². The van der Waals surface area contributed by atoms with Crippen molar-refractivity contribution in [2.75, 3.05) is 6.61 Å². The first-order valence-corrected chi connectivity index (χ1v) is 7.28. The first-order valence-electron chi connectivity index (χ1n) is 7.28. The van der Waals surface area contributed by atoms with Crippen LogP contribution in [0.4, 0.5) is 0 Å². The molecule has 0 spiro atoms. The van der Waals surface area contributed by atoms with E-state index in [9.17, 15) is 4.79 Å². The van der Waals surface area contributed by atoms with Crippen LogP contribution in [-0.4, -0.2) is 23.7 Å². The zero-order valence-corrected chi connectivity index (χ0v) is 13.3. The smallest absolute Gasteiger partial charge is 0.361 e. The van der Waals surface area contributed by atoms with Crippen molar-refractivity contribution in [3.05, 3.63) is 47.7 Å². The number of oxazole rings is 1. The summed E-state index contributed by atoms with van der Waals surface area (Å²) in [6.07, 6.45) is 0.769. The Balaban J connectivity index is 1.91. The summed E-state index contributed by atoms with van der Waals surface area (Å²) in [5, 5.41) is 8.84. The molecule has 1 atom stereocenters. The van der Waals surface area contributed by atoms with Crippen LogP contribution in [0.2, 0.25) is 0 Å². The number of nitriles is 1. The van der Waals surface area contributed by atoms with Crippen LogP contribution in [0, 0.1) is 11.3 Å². The molecule has 2 aromatic rings. The highest BCUT2D eigenvalue weighted by Gasteiger charge is 2.22. The van der Waals surface area contributed by atoms with Gasteiger partial charge in [-0.05, 0) is 25.1 Å². The number of ether oxygens (including phenoxy) is 2. The molecule has 23 heavy (non-hydrogen) atoms. The fourth-order valence-corrected chi connectivity index (χ4v) is 1.96. The second kappa shape index (κ2) is 7.45. The van der Waals surface area contributed by atoms with Gasteiger partial charge < -0.3 is 13.9 Å². The minimum atomic E-state index is -0.538. The van der Waals surface area contributed by atoms with Crippen LogP contribution >= 0.6 is 0 Å². The van der Waals surface area contributed by atoms with Gasteiger partial charge in [-0.1, -0.05) is 19.9 Å². The second-order valence-corrected chi connectivity index (χ2v) is 5.39. The predicted octanol–water partition coefficient (Wildman–Crippen LogP) is 3.29. The van der Waals surface area contributed by atoms with Gasteiger partial charge in [-0.3, -0.25) is 0 Å². The summed E-state index contributed by atoms with van der Waals surface area (Å²) in [4.78, 5) is 16.0. The Morgan fingerprint density at radius 1 is 1.39 bits per heavy atom. The van der Waals surface area contributed by atoms with Gasteiger partial charge in [-0.25, -0.2) is 9.78 Å². The van der Waals surface area contributed by atoms with E-state index in [1.807, 2.05) is 19.9 Å². The highest BCUT2D eigenvalue weighted by Crippen LogP contribution is 2.19. The maximum Gasteiger partial charge on any atom is 0.361 e. The van der Waals surface area contributed by atoms with Crippen molar-refractivity contribution in [1.82, 2.24) is 4.98 Å². The monoisotopic (exact) mass is 314 g/mol. The predicted molar refractivity (Wildman–Crippen MR) is 82.1 cm³/mol. The lowest BCUT2D eigenvalue weighted by atomic mass is 10.1. The van der Waals surface area contributed by atoms with Gasteiger partial charge in [0.1, 0.15) is 24.2 Å². The van der Waals surface area contributed by atoms with Gasteiger partial charge in [0.2, 0.25) is 0 Å². The third kappa shape index (κ3) is 4.33. The van der Waals surface area contributed by atoms with Crippen LogP contribution in [0.15, 0.2) is 35.1 Å². The summed E-state index contributed by atoms with van der Waals surface area (Å²) in [6, 6.07) is 8.83. The van der Waals surface area contributed by atoms with Crippen LogP contribution in [0.3, 0.4) is 0 Å². The van der Waals surface area contributed by atoms with Crippen molar-refractivity contribution in [2.45, 2.75) is 32.8 Å². The van der Waals surface area contributed by atoms with E-state index in [0.29, 0.717) is 17.1 Å². The van der Waals surface area contributed by atoms with Gasteiger partial charge in [0.05, 0.1) is 11.6 Å². The maximum absolute atomic E-state index is 12.1. The molecule has 2 rings (SSSR count). The number of nitrogens with zero attached hydrogens (tertiary/aromatic N) is 2. The molecule has 0 saturated carbocycles. The van der Waals surface area contributed by atoms with Crippen molar-refractivity contribution < 1.29 is 18.7 Å². The SMILES string of the molecule is CC(COc1cccc(C#N)c1)OC(=O)c1ncoc1C(C)C. The normalized spacial score (nSPS) is 11.8. The lowest BCUT2D eigenvalue weighted by molar-refractivity contribution is 0.0220. The van der Waals surface area contributed by atoms with Crippen molar-refractivity contribution in [1.29, 1.82) is 5.26 Å². The largest absolute Gasteiger partial charge is 0.490 e. The average molecular weight is 314 g/mol. The Hall–Kier alpha value is -2.81. The minimum absolute atomic E-state index is 0.0420.